The van der Waals surface area contributed by atoms with E-state index >= 15 is 0 Å². The Morgan fingerprint density at radius 3 is 2.53 bits per heavy atom. The summed E-state index contributed by atoms with van der Waals surface area (Å²) in [6, 6.07) is 2.55. The van der Waals surface area contributed by atoms with Gasteiger partial charge in [0.05, 0.1) is 10.0 Å². The summed E-state index contributed by atoms with van der Waals surface area (Å²) in [5.74, 6) is -1.85. The Bertz CT molecular complexity index is 492. The Hall–Kier alpha value is -1.06. The standard InChI is InChI=1S/C12H10BrF2NO/c13-10-8(3-4-9(14)11(10)15)12(16-7-17)5-1-2-6-12/h3-4H,1-2,5-6H2. The second-order valence-corrected chi connectivity index (χ2v) is 4.96. The van der Waals surface area contributed by atoms with E-state index in [-0.39, 0.29) is 4.47 Å². The first kappa shape index (κ1) is 12.4. The second-order valence-electron chi connectivity index (χ2n) is 4.16. The van der Waals surface area contributed by atoms with Crippen molar-refractivity contribution in [3.8, 4) is 0 Å². The van der Waals surface area contributed by atoms with Crippen molar-refractivity contribution in [2.75, 3.05) is 0 Å². The Labute approximate surface area is 106 Å². The Balaban J connectivity index is 2.58. The predicted octanol–water partition coefficient (Wildman–Crippen LogP) is 3.83. The maximum absolute atomic E-state index is 13.5. The third-order valence-electron chi connectivity index (χ3n) is 3.23. The number of isocyanates is 1. The molecule has 1 fully saturated rings. The van der Waals surface area contributed by atoms with Gasteiger partial charge in [0, 0.05) is 0 Å². The molecule has 1 aliphatic rings. The molecule has 0 aromatic heterocycles. The van der Waals surface area contributed by atoms with Gasteiger partial charge >= 0.3 is 0 Å². The van der Waals surface area contributed by atoms with Crippen LogP contribution in [0.1, 0.15) is 31.2 Å². The molecular weight excluding hydrogens is 292 g/mol. The van der Waals surface area contributed by atoms with E-state index in [1.165, 1.54) is 6.07 Å². The number of nitrogens with zero attached hydrogens (tertiary/aromatic N) is 1. The molecule has 0 bridgehead atoms. The van der Waals surface area contributed by atoms with Gasteiger partial charge in [-0.05, 0) is 40.4 Å². The number of hydrogen-bond acceptors (Lipinski definition) is 2. The van der Waals surface area contributed by atoms with Gasteiger partial charge in [-0.15, -0.1) is 0 Å². The monoisotopic (exact) mass is 301 g/mol. The van der Waals surface area contributed by atoms with Crippen LogP contribution < -0.4 is 0 Å². The number of aliphatic imine (C=N–C) groups is 1. The molecule has 0 N–H and O–H groups in total. The summed E-state index contributed by atoms with van der Waals surface area (Å²) in [7, 11) is 0. The van der Waals surface area contributed by atoms with Crippen LogP contribution in [0.5, 0.6) is 0 Å². The molecule has 17 heavy (non-hydrogen) atoms. The minimum absolute atomic E-state index is 0.0541. The van der Waals surface area contributed by atoms with Crippen molar-refractivity contribution >= 4 is 22.0 Å². The number of halogens is 3. The summed E-state index contributed by atoms with van der Waals surface area (Å²) in [4.78, 5) is 14.4. The molecule has 0 unspecified atom stereocenters. The van der Waals surface area contributed by atoms with Gasteiger partial charge in [0.15, 0.2) is 11.6 Å². The first-order valence-corrected chi connectivity index (χ1v) is 6.13. The van der Waals surface area contributed by atoms with Gasteiger partial charge in [-0.25, -0.2) is 13.6 Å². The van der Waals surface area contributed by atoms with Crippen LogP contribution in [0, 0.1) is 11.6 Å². The van der Waals surface area contributed by atoms with Gasteiger partial charge in [-0.2, -0.15) is 4.99 Å². The molecule has 1 aliphatic carbocycles. The Kier molecular flexibility index (Phi) is 3.40. The van der Waals surface area contributed by atoms with E-state index in [1.807, 2.05) is 0 Å². The Morgan fingerprint density at radius 2 is 1.94 bits per heavy atom. The lowest BCUT2D eigenvalue weighted by Crippen LogP contribution is -2.20. The van der Waals surface area contributed by atoms with Crippen molar-refractivity contribution in [3.63, 3.8) is 0 Å². The smallest absolute Gasteiger partial charge is 0.211 e. The highest BCUT2D eigenvalue weighted by atomic mass is 79.9. The molecular formula is C12H10BrF2NO. The maximum atomic E-state index is 13.5. The van der Waals surface area contributed by atoms with E-state index in [2.05, 4.69) is 20.9 Å². The normalized spacial score (nSPS) is 17.8. The lowest BCUT2D eigenvalue weighted by Gasteiger charge is -2.24. The van der Waals surface area contributed by atoms with Crippen LogP contribution in [0.15, 0.2) is 21.6 Å². The minimum atomic E-state index is -0.935. The zero-order chi connectivity index (χ0) is 12.5. The van der Waals surface area contributed by atoms with E-state index in [0.717, 1.165) is 18.9 Å². The van der Waals surface area contributed by atoms with E-state index in [0.29, 0.717) is 18.4 Å². The molecule has 0 amide bonds. The van der Waals surface area contributed by atoms with Crippen molar-refractivity contribution in [3.05, 3.63) is 33.8 Å². The molecule has 2 rings (SSSR count). The van der Waals surface area contributed by atoms with Crippen molar-refractivity contribution in [1.29, 1.82) is 0 Å². The molecule has 0 spiro atoms. The lowest BCUT2D eigenvalue weighted by molar-refractivity contribution is 0.441. The van der Waals surface area contributed by atoms with Gasteiger partial charge in [0.25, 0.3) is 0 Å². The SMILES string of the molecule is O=C=NC1(c2ccc(F)c(F)c2Br)CCCC1. The highest BCUT2D eigenvalue weighted by Crippen LogP contribution is 2.45. The average molecular weight is 302 g/mol. The van der Waals surface area contributed by atoms with E-state index in [4.69, 9.17) is 0 Å². The van der Waals surface area contributed by atoms with Crippen LogP contribution in [0.2, 0.25) is 0 Å². The first-order valence-electron chi connectivity index (χ1n) is 5.34. The molecule has 1 aromatic rings. The molecule has 0 atom stereocenters. The van der Waals surface area contributed by atoms with Crippen molar-refractivity contribution in [1.82, 2.24) is 0 Å². The second kappa shape index (κ2) is 4.67. The molecule has 2 nitrogen and oxygen atoms in total. The molecule has 1 aromatic carbocycles. The third kappa shape index (κ3) is 2.05. The largest absolute Gasteiger partial charge is 0.235 e. The summed E-state index contributed by atoms with van der Waals surface area (Å²) in [5, 5.41) is 0. The van der Waals surface area contributed by atoms with Crippen molar-refractivity contribution in [2.45, 2.75) is 31.2 Å². The average Bonchev–Trinajstić information content (AvgIpc) is 2.76. The molecule has 0 radical (unpaired) electrons. The fourth-order valence-electron chi connectivity index (χ4n) is 2.37. The maximum Gasteiger partial charge on any atom is 0.235 e. The van der Waals surface area contributed by atoms with E-state index in [9.17, 15) is 13.6 Å². The van der Waals surface area contributed by atoms with Gasteiger partial charge in [-0.1, -0.05) is 18.9 Å². The number of hydrogen-bond donors (Lipinski definition) is 0. The van der Waals surface area contributed by atoms with Gasteiger partial charge in [0.2, 0.25) is 6.08 Å². The first-order chi connectivity index (χ1) is 8.10. The topological polar surface area (TPSA) is 29.4 Å². The predicted molar refractivity (Wildman–Crippen MR) is 62.3 cm³/mol. The van der Waals surface area contributed by atoms with Gasteiger partial charge in [-0.3, -0.25) is 0 Å². The van der Waals surface area contributed by atoms with Crippen LogP contribution in [-0.4, -0.2) is 6.08 Å². The number of rotatable bonds is 2. The molecule has 0 aliphatic heterocycles. The summed E-state index contributed by atoms with van der Waals surface area (Å²) in [5.41, 5.74) is -0.216. The zero-order valence-corrected chi connectivity index (χ0v) is 10.6. The molecule has 0 heterocycles. The van der Waals surface area contributed by atoms with Crippen molar-refractivity contribution < 1.29 is 13.6 Å². The van der Waals surface area contributed by atoms with E-state index in [1.54, 1.807) is 6.08 Å². The van der Waals surface area contributed by atoms with Crippen molar-refractivity contribution in [2.24, 2.45) is 4.99 Å². The zero-order valence-electron chi connectivity index (χ0n) is 8.97. The fourth-order valence-corrected chi connectivity index (χ4v) is 3.06. The van der Waals surface area contributed by atoms with Crippen LogP contribution in [-0.2, 0) is 10.3 Å². The highest BCUT2D eigenvalue weighted by molar-refractivity contribution is 9.10. The van der Waals surface area contributed by atoms with Crippen LogP contribution in [0.3, 0.4) is 0 Å². The minimum Gasteiger partial charge on any atom is -0.211 e. The van der Waals surface area contributed by atoms with Crippen LogP contribution in [0.4, 0.5) is 8.78 Å². The molecule has 1 saturated carbocycles. The summed E-state index contributed by atoms with van der Waals surface area (Å²) < 4.78 is 26.6. The molecule has 90 valence electrons. The van der Waals surface area contributed by atoms with Crippen LogP contribution in [0.25, 0.3) is 0 Å². The summed E-state index contributed by atoms with van der Waals surface area (Å²) >= 11 is 3.04. The van der Waals surface area contributed by atoms with E-state index < -0.39 is 17.2 Å². The summed E-state index contributed by atoms with van der Waals surface area (Å²) in [6.45, 7) is 0. The molecule has 5 heteroatoms. The number of benzene rings is 1. The third-order valence-corrected chi connectivity index (χ3v) is 4.00. The lowest BCUT2D eigenvalue weighted by atomic mass is 9.89. The van der Waals surface area contributed by atoms with Crippen LogP contribution >= 0.6 is 15.9 Å². The Morgan fingerprint density at radius 1 is 1.29 bits per heavy atom. The summed E-state index contributed by atoms with van der Waals surface area (Å²) in [6.07, 6.45) is 4.69. The fraction of sp³-hybridized carbons (Fsp3) is 0.417. The number of carbonyl (C=O) groups excluding carboxylic acids is 1. The highest BCUT2D eigenvalue weighted by Gasteiger charge is 2.38. The molecule has 0 saturated heterocycles. The quantitative estimate of drug-likeness (QED) is 0.464. The van der Waals surface area contributed by atoms with Gasteiger partial charge in [0.1, 0.15) is 0 Å². The van der Waals surface area contributed by atoms with Gasteiger partial charge < -0.3 is 0 Å².